The minimum atomic E-state index is -4.59. The summed E-state index contributed by atoms with van der Waals surface area (Å²) in [5.41, 5.74) is 1.97. The Morgan fingerprint density at radius 1 is 1.11 bits per heavy atom. The third-order valence-electron chi connectivity index (χ3n) is 5.55. The molecule has 9 nitrogen and oxygen atoms in total. The lowest BCUT2D eigenvalue weighted by Crippen LogP contribution is -2.34. The average molecular weight is 498 g/mol. The fourth-order valence-corrected chi connectivity index (χ4v) is 3.83. The number of benzene rings is 2. The van der Waals surface area contributed by atoms with E-state index in [1.165, 1.54) is 36.9 Å². The second-order valence-electron chi connectivity index (χ2n) is 7.86. The van der Waals surface area contributed by atoms with Gasteiger partial charge in [0, 0.05) is 0 Å². The second-order valence-corrected chi connectivity index (χ2v) is 7.86. The Hall–Kier alpha value is -4.55. The molecule has 13 heteroatoms. The summed E-state index contributed by atoms with van der Waals surface area (Å²) in [6.45, 7) is 1.82. The van der Waals surface area contributed by atoms with Gasteiger partial charge in [0.1, 0.15) is 23.0 Å². The number of aromatic nitrogens is 6. The molecular formula is C23H18F4N8O. The molecule has 36 heavy (non-hydrogen) atoms. The number of aromatic amines is 1. The van der Waals surface area contributed by atoms with Crippen molar-refractivity contribution in [2.45, 2.75) is 25.6 Å². The van der Waals surface area contributed by atoms with Crippen LogP contribution in [0, 0.1) is 5.82 Å². The van der Waals surface area contributed by atoms with Gasteiger partial charge < -0.3 is 10.3 Å². The van der Waals surface area contributed by atoms with Crippen LogP contribution in [0.25, 0.3) is 22.1 Å². The van der Waals surface area contributed by atoms with Gasteiger partial charge >= 0.3 is 6.18 Å². The first kappa shape index (κ1) is 23.2. The first-order chi connectivity index (χ1) is 17.3. The summed E-state index contributed by atoms with van der Waals surface area (Å²) in [7, 11) is 0. The summed E-state index contributed by atoms with van der Waals surface area (Å²) < 4.78 is 55.4. The fraction of sp³-hybridized carbons (Fsp3) is 0.174. The molecule has 0 bridgehead atoms. The lowest BCUT2D eigenvalue weighted by molar-refractivity contribution is -0.137. The largest absolute Gasteiger partial charge is 0.416 e. The third-order valence-corrected chi connectivity index (χ3v) is 5.55. The van der Waals surface area contributed by atoms with E-state index < -0.39 is 29.2 Å². The molecule has 3 heterocycles. The van der Waals surface area contributed by atoms with Crippen LogP contribution in [0.2, 0.25) is 0 Å². The van der Waals surface area contributed by atoms with Crippen molar-refractivity contribution in [1.29, 1.82) is 0 Å². The molecule has 0 aliphatic heterocycles. The molecule has 1 atom stereocenters. The minimum Gasteiger partial charge on any atom is -0.358 e. The Kier molecular flexibility index (Phi) is 5.74. The maximum Gasteiger partial charge on any atom is 0.416 e. The number of halogens is 4. The van der Waals surface area contributed by atoms with Gasteiger partial charge in [-0.05, 0) is 36.8 Å². The van der Waals surface area contributed by atoms with Gasteiger partial charge in [-0.25, -0.2) is 29.0 Å². The van der Waals surface area contributed by atoms with Gasteiger partial charge in [-0.2, -0.15) is 13.2 Å². The van der Waals surface area contributed by atoms with E-state index in [2.05, 4.69) is 35.7 Å². The molecule has 2 aromatic carbocycles. The van der Waals surface area contributed by atoms with Crippen molar-refractivity contribution in [3.8, 4) is 0 Å². The molecule has 0 unspecified atom stereocenters. The smallest absolute Gasteiger partial charge is 0.358 e. The van der Waals surface area contributed by atoms with Gasteiger partial charge in [-0.3, -0.25) is 10.2 Å². The summed E-state index contributed by atoms with van der Waals surface area (Å²) >= 11 is 0. The molecule has 5 aromatic rings. The fourth-order valence-electron chi connectivity index (χ4n) is 3.83. The molecular weight excluding hydrogens is 480 g/mol. The SMILES string of the molecule is CC[C@H](Nc1ncnc2[nH]cnc12)c1nc2cccc(F)c2c(=O)n1Nc1cccc(C(F)(F)F)c1. The van der Waals surface area contributed by atoms with Crippen molar-refractivity contribution < 1.29 is 17.6 Å². The number of anilines is 2. The number of rotatable bonds is 6. The number of hydrogen-bond donors (Lipinski definition) is 3. The van der Waals surface area contributed by atoms with Gasteiger partial charge in [0.25, 0.3) is 5.56 Å². The molecule has 0 aliphatic rings. The van der Waals surface area contributed by atoms with Crippen molar-refractivity contribution in [2.24, 2.45) is 0 Å². The first-order valence-corrected chi connectivity index (χ1v) is 10.8. The molecule has 0 radical (unpaired) electrons. The maximum absolute atomic E-state index is 14.6. The molecule has 184 valence electrons. The highest BCUT2D eigenvalue weighted by Gasteiger charge is 2.30. The average Bonchev–Trinajstić information content (AvgIpc) is 3.34. The number of hydrogen-bond acceptors (Lipinski definition) is 7. The molecule has 0 saturated carbocycles. The van der Waals surface area contributed by atoms with E-state index in [1.54, 1.807) is 0 Å². The van der Waals surface area contributed by atoms with Crippen molar-refractivity contribution in [1.82, 2.24) is 29.6 Å². The Labute approximate surface area is 200 Å². The number of fused-ring (bicyclic) bond motifs is 2. The van der Waals surface area contributed by atoms with Crippen LogP contribution in [0.5, 0.6) is 0 Å². The predicted octanol–water partition coefficient (Wildman–Crippen LogP) is 4.66. The highest BCUT2D eigenvalue weighted by atomic mass is 19.4. The third kappa shape index (κ3) is 4.19. The molecule has 0 amide bonds. The Morgan fingerprint density at radius 2 is 1.92 bits per heavy atom. The molecule has 0 spiro atoms. The lowest BCUT2D eigenvalue weighted by Gasteiger charge is -2.23. The second kappa shape index (κ2) is 8.91. The van der Waals surface area contributed by atoms with E-state index in [0.717, 1.165) is 22.9 Å². The molecule has 0 fully saturated rings. The predicted molar refractivity (Wildman–Crippen MR) is 125 cm³/mol. The van der Waals surface area contributed by atoms with E-state index in [4.69, 9.17) is 0 Å². The Balaban J connectivity index is 1.66. The van der Waals surface area contributed by atoms with Gasteiger partial charge in [-0.15, -0.1) is 0 Å². The van der Waals surface area contributed by atoms with Crippen LogP contribution in [0.1, 0.15) is 30.8 Å². The van der Waals surface area contributed by atoms with E-state index in [-0.39, 0.29) is 22.4 Å². The Morgan fingerprint density at radius 3 is 2.69 bits per heavy atom. The first-order valence-electron chi connectivity index (χ1n) is 10.8. The number of nitrogens with one attached hydrogen (secondary N) is 3. The van der Waals surface area contributed by atoms with Crippen LogP contribution in [-0.2, 0) is 6.18 Å². The molecule has 0 saturated heterocycles. The highest BCUT2D eigenvalue weighted by Crippen LogP contribution is 2.31. The summed E-state index contributed by atoms with van der Waals surface area (Å²) in [5.74, 6) is -0.334. The summed E-state index contributed by atoms with van der Waals surface area (Å²) in [5, 5.41) is 2.87. The van der Waals surface area contributed by atoms with Gasteiger partial charge in [-0.1, -0.05) is 19.1 Å². The molecule has 3 N–H and O–H groups in total. The van der Waals surface area contributed by atoms with Crippen molar-refractivity contribution >= 4 is 33.6 Å². The Bertz CT molecular complexity index is 1630. The van der Waals surface area contributed by atoms with Crippen LogP contribution in [0.15, 0.2) is 59.9 Å². The van der Waals surface area contributed by atoms with Gasteiger partial charge in [0.15, 0.2) is 17.3 Å². The molecule has 0 aliphatic carbocycles. The standard InChI is InChI=1S/C23H18F4N8O/c1-2-15(32-20-18-19(29-10-28-18)30-11-31-20)21-33-16-8-4-7-14(24)17(16)22(36)35(21)34-13-6-3-5-12(9-13)23(25,26)27/h3-11,15,34H,2H2,1H3,(H2,28,29,30,31,32)/t15-/m0/s1. The van der Waals surface area contributed by atoms with Crippen LogP contribution in [0.3, 0.4) is 0 Å². The normalized spacial score (nSPS) is 12.7. The van der Waals surface area contributed by atoms with E-state index in [0.29, 0.717) is 23.4 Å². The lowest BCUT2D eigenvalue weighted by atomic mass is 10.1. The maximum atomic E-state index is 14.6. The number of nitrogens with zero attached hydrogens (tertiary/aromatic N) is 5. The monoisotopic (exact) mass is 498 g/mol. The van der Waals surface area contributed by atoms with Crippen LogP contribution in [-0.4, -0.2) is 29.6 Å². The van der Waals surface area contributed by atoms with Crippen LogP contribution >= 0.6 is 0 Å². The zero-order chi connectivity index (χ0) is 25.4. The van der Waals surface area contributed by atoms with E-state index >= 15 is 0 Å². The topological polar surface area (TPSA) is 113 Å². The van der Waals surface area contributed by atoms with Crippen LogP contribution in [0.4, 0.5) is 29.1 Å². The van der Waals surface area contributed by atoms with Crippen molar-refractivity contribution in [2.75, 3.05) is 10.7 Å². The summed E-state index contributed by atoms with van der Waals surface area (Å²) in [4.78, 5) is 33.3. The van der Waals surface area contributed by atoms with E-state index in [9.17, 15) is 22.4 Å². The molecule has 3 aromatic heterocycles. The highest BCUT2D eigenvalue weighted by molar-refractivity contribution is 5.82. The van der Waals surface area contributed by atoms with Gasteiger partial charge in [0.05, 0.1) is 29.1 Å². The molecule has 5 rings (SSSR count). The minimum absolute atomic E-state index is 0.0303. The number of H-pyrrole nitrogens is 1. The quantitative estimate of drug-likeness (QED) is 0.292. The van der Waals surface area contributed by atoms with Crippen molar-refractivity contribution in [3.05, 3.63) is 82.7 Å². The zero-order valence-corrected chi connectivity index (χ0v) is 18.6. The zero-order valence-electron chi connectivity index (χ0n) is 18.6. The summed E-state index contributed by atoms with van der Waals surface area (Å²) in [6, 6.07) is 7.69. The number of imidazole rings is 1. The number of alkyl halides is 3. The van der Waals surface area contributed by atoms with Crippen LogP contribution < -0.4 is 16.3 Å². The van der Waals surface area contributed by atoms with Gasteiger partial charge in [0.2, 0.25) is 0 Å². The van der Waals surface area contributed by atoms with Crippen molar-refractivity contribution in [3.63, 3.8) is 0 Å². The summed E-state index contributed by atoms with van der Waals surface area (Å²) in [6.07, 6.45) is -1.43. The van der Waals surface area contributed by atoms with E-state index in [1.807, 2.05) is 6.92 Å².